The maximum atomic E-state index is 12.1. The van der Waals surface area contributed by atoms with Crippen LogP contribution in [-0.2, 0) is 13.0 Å². The highest BCUT2D eigenvalue weighted by atomic mass is 16.2. The van der Waals surface area contributed by atoms with E-state index in [2.05, 4.69) is 27.4 Å². The fraction of sp³-hybridized carbons (Fsp3) is 0.214. The van der Waals surface area contributed by atoms with Crippen molar-refractivity contribution in [3.05, 3.63) is 54.0 Å². The Bertz CT molecular complexity index is 585. The van der Waals surface area contributed by atoms with Gasteiger partial charge in [-0.3, -0.25) is 10.3 Å². The Morgan fingerprint density at radius 2 is 2.05 bits per heavy atom. The molecule has 96 valence electrons. The molecule has 5 nitrogen and oxygen atoms in total. The largest absolute Gasteiger partial charge is 0.323 e. The number of benzene rings is 1. The summed E-state index contributed by atoms with van der Waals surface area (Å²) in [6.07, 6.45) is 5.56. The molecule has 1 aliphatic rings. The van der Waals surface area contributed by atoms with E-state index in [1.54, 1.807) is 17.3 Å². The first-order valence-electron chi connectivity index (χ1n) is 6.21. The van der Waals surface area contributed by atoms with Crippen molar-refractivity contribution in [2.75, 3.05) is 11.9 Å². The molecule has 1 aromatic carbocycles. The highest BCUT2D eigenvalue weighted by molar-refractivity contribution is 5.88. The summed E-state index contributed by atoms with van der Waals surface area (Å²) in [6.45, 7) is 1.37. The number of rotatable bonds is 1. The van der Waals surface area contributed by atoms with Crippen LogP contribution in [0.3, 0.4) is 0 Å². The average molecular weight is 254 g/mol. The first-order chi connectivity index (χ1) is 9.33. The molecule has 0 saturated carbocycles. The number of nitrogens with one attached hydrogen (secondary N) is 1. The van der Waals surface area contributed by atoms with E-state index < -0.39 is 0 Å². The quantitative estimate of drug-likeness (QED) is 0.847. The molecule has 0 bridgehead atoms. The molecule has 0 saturated heterocycles. The average Bonchev–Trinajstić information content (AvgIpc) is 2.48. The van der Waals surface area contributed by atoms with Crippen molar-refractivity contribution in [3.63, 3.8) is 0 Å². The van der Waals surface area contributed by atoms with E-state index in [0.717, 1.165) is 13.0 Å². The zero-order chi connectivity index (χ0) is 13.1. The number of carbonyl (C=O) groups is 1. The minimum absolute atomic E-state index is 0.130. The zero-order valence-corrected chi connectivity index (χ0v) is 10.4. The number of hydrogen-bond donors (Lipinski definition) is 1. The molecule has 19 heavy (non-hydrogen) atoms. The molecule has 0 radical (unpaired) electrons. The SMILES string of the molecule is O=C(Nc1cnccn1)N1CCc2ccccc2C1. The van der Waals surface area contributed by atoms with E-state index in [1.165, 1.54) is 17.3 Å². The van der Waals surface area contributed by atoms with Crippen LogP contribution < -0.4 is 5.32 Å². The molecule has 1 N–H and O–H groups in total. The number of fused-ring (bicyclic) bond motifs is 1. The van der Waals surface area contributed by atoms with Crippen LogP contribution in [0.15, 0.2) is 42.9 Å². The van der Waals surface area contributed by atoms with Crippen LogP contribution in [-0.4, -0.2) is 27.4 Å². The maximum Gasteiger partial charge on any atom is 0.323 e. The van der Waals surface area contributed by atoms with Crippen LogP contribution in [0.25, 0.3) is 0 Å². The monoisotopic (exact) mass is 254 g/mol. The summed E-state index contributed by atoms with van der Waals surface area (Å²) in [4.78, 5) is 21.9. The van der Waals surface area contributed by atoms with E-state index >= 15 is 0 Å². The topological polar surface area (TPSA) is 58.1 Å². The number of amides is 2. The highest BCUT2D eigenvalue weighted by Gasteiger charge is 2.20. The summed E-state index contributed by atoms with van der Waals surface area (Å²) in [6, 6.07) is 8.09. The van der Waals surface area contributed by atoms with E-state index in [9.17, 15) is 4.79 Å². The Kier molecular flexibility index (Phi) is 3.10. The van der Waals surface area contributed by atoms with Gasteiger partial charge in [0.25, 0.3) is 0 Å². The van der Waals surface area contributed by atoms with Crippen LogP contribution in [0.4, 0.5) is 10.6 Å². The second kappa shape index (κ2) is 5.06. The Labute approximate surface area is 111 Å². The first-order valence-corrected chi connectivity index (χ1v) is 6.21. The van der Waals surface area contributed by atoms with Crippen molar-refractivity contribution in [2.24, 2.45) is 0 Å². The summed E-state index contributed by atoms with van der Waals surface area (Å²) < 4.78 is 0. The van der Waals surface area contributed by atoms with Gasteiger partial charge in [0.2, 0.25) is 0 Å². The lowest BCUT2D eigenvalue weighted by Crippen LogP contribution is -2.39. The number of nitrogens with zero attached hydrogens (tertiary/aromatic N) is 3. The Hall–Kier alpha value is -2.43. The molecular weight excluding hydrogens is 240 g/mol. The van der Waals surface area contributed by atoms with Crippen LogP contribution in [0.5, 0.6) is 0 Å². The maximum absolute atomic E-state index is 12.1. The van der Waals surface area contributed by atoms with Gasteiger partial charge < -0.3 is 4.90 Å². The molecule has 0 aliphatic carbocycles. The molecule has 0 fully saturated rings. The third-order valence-electron chi connectivity index (χ3n) is 3.22. The standard InChI is InChI=1S/C14H14N4O/c19-14(17-13-9-15-6-7-16-13)18-8-5-11-3-1-2-4-12(11)10-18/h1-4,6-7,9H,5,8,10H2,(H,16,17,19). The molecular formula is C14H14N4O. The smallest absolute Gasteiger partial charge is 0.320 e. The van der Waals surface area contributed by atoms with E-state index in [4.69, 9.17) is 0 Å². The molecule has 5 heteroatoms. The van der Waals surface area contributed by atoms with Gasteiger partial charge in [-0.1, -0.05) is 24.3 Å². The summed E-state index contributed by atoms with van der Waals surface area (Å²) in [5.41, 5.74) is 2.54. The normalized spacial score (nSPS) is 13.8. The molecule has 2 amide bonds. The molecule has 2 heterocycles. The van der Waals surface area contributed by atoms with Crippen molar-refractivity contribution in [3.8, 4) is 0 Å². The third-order valence-corrected chi connectivity index (χ3v) is 3.22. The Balaban J connectivity index is 1.70. The summed E-state index contributed by atoms with van der Waals surface area (Å²) in [5, 5.41) is 2.76. The molecule has 3 rings (SSSR count). The Morgan fingerprint density at radius 1 is 1.21 bits per heavy atom. The predicted molar refractivity (Wildman–Crippen MR) is 71.6 cm³/mol. The van der Waals surface area contributed by atoms with Gasteiger partial charge in [-0.05, 0) is 17.5 Å². The van der Waals surface area contributed by atoms with Gasteiger partial charge in [0, 0.05) is 25.5 Å². The molecule has 1 aliphatic heterocycles. The van der Waals surface area contributed by atoms with Crippen LogP contribution >= 0.6 is 0 Å². The van der Waals surface area contributed by atoms with Crippen molar-refractivity contribution >= 4 is 11.8 Å². The highest BCUT2D eigenvalue weighted by Crippen LogP contribution is 2.18. The number of aromatic nitrogens is 2. The second-order valence-corrected chi connectivity index (χ2v) is 4.46. The van der Waals surface area contributed by atoms with Gasteiger partial charge in [-0.2, -0.15) is 0 Å². The number of anilines is 1. The van der Waals surface area contributed by atoms with Crippen LogP contribution in [0.1, 0.15) is 11.1 Å². The summed E-state index contributed by atoms with van der Waals surface area (Å²) in [7, 11) is 0. The number of hydrogen-bond acceptors (Lipinski definition) is 3. The van der Waals surface area contributed by atoms with Gasteiger partial charge in [-0.15, -0.1) is 0 Å². The van der Waals surface area contributed by atoms with E-state index in [0.29, 0.717) is 12.4 Å². The molecule has 2 aromatic rings. The van der Waals surface area contributed by atoms with Crippen molar-refractivity contribution in [2.45, 2.75) is 13.0 Å². The molecule has 0 unspecified atom stereocenters. The number of carbonyl (C=O) groups excluding carboxylic acids is 1. The number of urea groups is 1. The van der Waals surface area contributed by atoms with Crippen molar-refractivity contribution < 1.29 is 4.79 Å². The van der Waals surface area contributed by atoms with Crippen LogP contribution in [0.2, 0.25) is 0 Å². The van der Waals surface area contributed by atoms with Gasteiger partial charge in [0.1, 0.15) is 0 Å². The fourth-order valence-corrected chi connectivity index (χ4v) is 2.22. The molecule has 0 spiro atoms. The van der Waals surface area contributed by atoms with E-state index in [-0.39, 0.29) is 6.03 Å². The van der Waals surface area contributed by atoms with Crippen molar-refractivity contribution in [1.29, 1.82) is 0 Å². The first kappa shape index (κ1) is 11.6. The van der Waals surface area contributed by atoms with Gasteiger partial charge in [-0.25, -0.2) is 9.78 Å². The van der Waals surface area contributed by atoms with Gasteiger partial charge in [0.15, 0.2) is 5.82 Å². The molecule has 1 aromatic heterocycles. The zero-order valence-electron chi connectivity index (χ0n) is 10.4. The Morgan fingerprint density at radius 3 is 2.84 bits per heavy atom. The van der Waals surface area contributed by atoms with Crippen LogP contribution in [0, 0.1) is 0 Å². The van der Waals surface area contributed by atoms with Gasteiger partial charge in [0.05, 0.1) is 6.20 Å². The molecule has 0 atom stereocenters. The summed E-state index contributed by atoms with van der Waals surface area (Å²) >= 11 is 0. The lowest BCUT2D eigenvalue weighted by Gasteiger charge is -2.28. The third kappa shape index (κ3) is 2.54. The van der Waals surface area contributed by atoms with Gasteiger partial charge >= 0.3 is 6.03 Å². The predicted octanol–water partition coefficient (Wildman–Crippen LogP) is 2.07. The van der Waals surface area contributed by atoms with E-state index in [1.807, 2.05) is 12.1 Å². The second-order valence-electron chi connectivity index (χ2n) is 4.46. The lowest BCUT2D eigenvalue weighted by molar-refractivity contribution is 0.206. The minimum Gasteiger partial charge on any atom is -0.320 e. The lowest BCUT2D eigenvalue weighted by atomic mass is 10.0. The van der Waals surface area contributed by atoms with Crippen molar-refractivity contribution in [1.82, 2.24) is 14.9 Å². The summed E-state index contributed by atoms with van der Waals surface area (Å²) in [5.74, 6) is 0.478. The minimum atomic E-state index is -0.130. The fourth-order valence-electron chi connectivity index (χ4n) is 2.22.